The van der Waals surface area contributed by atoms with Crippen molar-refractivity contribution in [2.75, 3.05) is 13.1 Å². The molecule has 8 heteroatoms. The fourth-order valence-corrected chi connectivity index (χ4v) is 3.62. The second-order valence-corrected chi connectivity index (χ2v) is 8.42. The van der Waals surface area contributed by atoms with Crippen molar-refractivity contribution in [2.24, 2.45) is 0 Å². The highest BCUT2D eigenvalue weighted by atomic mass is 35.6. The molecule has 0 aromatic carbocycles. The number of nitrogens with zero attached hydrogens (tertiary/aromatic N) is 1. The van der Waals surface area contributed by atoms with Gasteiger partial charge in [0.1, 0.15) is 6.17 Å². The van der Waals surface area contributed by atoms with E-state index in [0.717, 1.165) is 0 Å². The number of carbonyl (C=O) groups excluding carboxylic acids is 1. The topological polar surface area (TPSA) is 41.6 Å². The van der Waals surface area contributed by atoms with Crippen LogP contribution in [0, 0.1) is 0 Å². The number of halogens is 3. The number of hydrogen-bond acceptors (Lipinski definition) is 4. The second-order valence-electron chi connectivity index (χ2n) is 5.11. The first-order valence-corrected chi connectivity index (χ1v) is 8.59. The van der Waals surface area contributed by atoms with Gasteiger partial charge in [-0.25, -0.2) is 0 Å². The van der Waals surface area contributed by atoms with Crippen molar-refractivity contribution in [1.29, 1.82) is 0 Å². The number of hydrogen-bond donors (Lipinski definition) is 1. The van der Waals surface area contributed by atoms with Gasteiger partial charge in [-0.15, -0.1) is 11.3 Å². The van der Waals surface area contributed by atoms with Crippen LogP contribution < -0.4 is 5.32 Å². The number of rotatable bonds is 3. The summed E-state index contributed by atoms with van der Waals surface area (Å²) < 4.78 is 4.05. The molecule has 118 valence electrons. The number of nitrogens with one attached hydrogen (secondary N) is 1. The summed E-state index contributed by atoms with van der Waals surface area (Å²) in [6.45, 7) is 5.10. The number of carbonyl (C=O) groups is 1. The summed E-state index contributed by atoms with van der Waals surface area (Å²) in [5, 5.41) is 4.65. The second kappa shape index (κ2) is 7.02. The molecule has 0 saturated carbocycles. The van der Waals surface area contributed by atoms with Crippen LogP contribution in [0.4, 0.5) is 0 Å². The molecule has 0 radical (unpaired) electrons. The number of ether oxygens (including phenoxy) is 1. The maximum Gasteiger partial charge on any atom is 0.262 e. The van der Waals surface area contributed by atoms with Gasteiger partial charge in [0.2, 0.25) is 3.79 Å². The Bertz CT molecular complexity index is 468. The summed E-state index contributed by atoms with van der Waals surface area (Å²) in [4.78, 5) is 14.8. The first-order chi connectivity index (χ1) is 9.77. The summed E-state index contributed by atoms with van der Waals surface area (Å²) in [7, 11) is 0. The SMILES string of the molecule is C[C@H]1CN([C@H](NC(=O)c2cccs2)C(Cl)(Cl)Cl)C[C@H](C)O1. The summed E-state index contributed by atoms with van der Waals surface area (Å²) in [5.41, 5.74) is 0. The molecule has 0 spiro atoms. The van der Waals surface area contributed by atoms with E-state index in [-0.39, 0.29) is 18.1 Å². The van der Waals surface area contributed by atoms with Gasteiger partial charge in [0, 0.05) is 13.1 Å². The maximum absolute atomic E-state index is 12.2. The normalized spacial score (nSPS) is 25.6. The lowest BCUT2D eigenvalue weighted by Gasteiger charge is -2.42. The van der Waals surface area contributed by atoms with Gasteiger partial charge >= 0.3 is 0 Å². The van der Waals surface area contributed by atoms with Crippen molar-refractivity contribution in [1.82, 2.24) is 10.2 Å². The summed E-state index contributed by atoms with van der Waals surface area (Å²) in [6, 6.07) is 3.54. The fourth-order valence-electron chi connectivity index (χ4n) is 2.41. The molecule has 1 fully saturated rings. The third kappa shape index (κ3) is 4.71. The Kier molecular flexibility index (Phi) is 5.79. The quantitative estimate of drug-likeness (QED) is 0.829. The van der Waals surface area contributed by atoms with Crippen LogP contribution in [0.2, 0.25) is 0 Å². The molecule has 3 atom stereocenters. The molecule has 1 N–H and O–H groups in total. The number of morpholine rings is 1. The van der Waals surface area contributed by atoms with Crippen LogP contribution in [0.5, 0.6) is 0 Å². The standard InChI is InChI=1S/C13H17Cl3N2O2S/c1-8-6-18(7-9(2)20-8)12(13(14,15)16)17-11(19)10-4-3-5-21-10/h3-5,8-9,12H,6-7H2,1-2H3,(H,17,19)/t8-,9-,12-/m0/s1. The molecule has 1 saturated heterocycles. The molecule has 0 bridgehead atoms. The number of amides is 1. The molecule has 1 aromatic heterocycles. The summed E-state index contributed by atoms with van der Waals surface area (Å²) >= 11 is 19.6. The number of alkyl halides is 3. The zero-order valence-electron chi connectivity index (χ0n) is 11.7. The molecule has 1 aliphatic heterocycles. The first-order valence-electron chi connectivity index (χ1n) is 6.58. The van der Waals surface area contributed by atoms with E-state index in [2.05, 4.69) is 5.32 Å². The molecule has 0 aliphatic carbocycles. The third-order valence-electron chi connectivity index (χ3n) is 3.14. The minimum Gasteiger partial charge on any atom is -0.373 e. The Morgan fingerprint density at radius 3 is 2.52 bits per heavy atom. The third-order valence-corrected chi connectivity index (χ3v) is 4.62. The van der Waals surface area contributed by atoms with Crippen LogP contribution >= 0.6 is 46.1 Å². The minimum absolute atomic E-state index is 0.0160. The van der Waals surface area contributed by atoms with E-state index in [1.165, 1.54) is 11.3 Å². The van der Waals surface area contributed by atoms with E-state index < -0.39 is 9.96 Å². The van der Waals surface area contributed by atoms with E-state index in [4.69, 9.17) is 39.5 Å². The lowest BCUT2D eigenvalue weighted by molar-refractivity contribution is -0.0826. The Balaban J connectivity index is 2.13. The van der Waals surface area contributed by atoms with Gasteiger partial charge < -0.3 is 10.1 Å². The predicted octanol–water partition coefficient (Wildman–Crippen LogP) is 3.28. The van der Waals surface area contributed by atoms with E-state index >= 15 is 0 Å². The molecule has 1 amide bonds. The Morgan fingerprint density at radius 1 is 1.43 bits per heavy atom. The molecule has 21 heavy (non-hydrogen) atoms. The van der Waals surface area contributed by atoms with Crippen molar-refractivity contribution in [3.63, 3.8) is 0 Å². The van der Waals surface area contributed by atoms with Gasteiger partial charge in [0.05, 0.1) is 17.1 Å². The van der Waals surface area contributed by atoms with Crippen LogP contribution in [-0.2, 0) is 4.74 Å². The summed E-state index contributed by atoms with van der Waals surface area (Å²) in [6.07, 6.45) is -0.671. The van der Waals surface area contributed by atoms with E-state index in [9.17, 15) is 4.79 Å². The molecule has 2 heterocycles. The predicted molar refractivity (Wildman–Crippen MR) is 87.4 cm³/mol. The molecule has 4 nitrogen and oxygen atoms in total. The highest BCUT2D eigenvalue weighted by Gasteiger charge is 2.41. The Morgan fingerprint density at radius 2 is 2.05 bits per heavy atom. The largest absolute Gasteiger partial charge is 0.373 e. The number of thiophene rings is 1. The summed E-state index contributed by atoms with van der Waals surface area (Å²) in [5.74, 6) is -0.242. The molecule has 1 aliphatic rings. The average Bonchev–Trinajstić information content (AvgIpc) is 2.86. The van der Waals surface area contributed by atoms with E-state index in [1.807, 2.05) is 30.2 Å². The monoisotopic (exact) mass is 370 g/mol. The smallest absolute Gasteiger partial charge is 0.262 e. The van der Waals surface area contributed by atoms with Gasteiger partial charge in [0.25, 0.3) is 5.91 Å². The fraction of sp³-hybridized carbons (Fsp3) is 0.615. The first kappa shape index (κ1) is 17.3. The van der Waals surface area contributed by atoms with Gasteiger partial charge in [-0.1, -0.05) is 40.9 Å². The van der Waals surface area contributed by atoms with Gasteiger partial charge in [0.15, 0.2) is 0 Å². The molecular weight excluding hydrogens is 355 g/mol. The lowest BCUT2D eigenvalue weighted by atomic mass is 10.2. The highest BCUT2D eigenvalue weighted by molar-refractivity contribution is 7.12. The zero-order valence-corrected chi connectivity index (χ0v) is 14.8. The average molecular weight is 372 g/mol. The van der Waals surface area contributed by atoms with Crippen LogP contribution in [0.1, 0.15) is 23.5 Å². The van der Waals surface area contributed by atoms with Crippen molar-refractivity contribution in [3.8, 4) is 0 Å². The van der Waals surface area contributed by atoms with E-state index in [1.54, 1.807) is 6.07 Å². The molecule has 0 unspecified atom stereocenters. The van der Waals surface area contributed by atoms with Crippen molar-refractivity contribution in [3.05, 3.63) is 22.4 Å². The van der Waals surface area contributed by atoms with Crippen molar-refractivity contribution in [2.45, 2.75) is 36.0 Å². The Hall–Kier alpha value is -0.0400. The lowest BCUT2D eigenvalue weighted by Crippen LogP contribution is -2.60. The Labute approximate surface area is 143 Å². The minimum atomic E-state index is -1.62. The van der Waals surface area contributed by atoms with Crippen LogP contribution in [0.15, 0.2) is 17.5 Å². The molecule has 1 aromatic rings. The van der Waals surface area contributed by atoms with Gasteiger partial charge in [-0.3, -0.25) is 9.69 Å². The van der Waals surface area contributed by atoms with Crippen LogP contribution in [0.3, 0.4) is 0 Å². The zero-order chi connectivity index (χ0) is 15.6. The highest BCUT2D eigenvalue weighted by Crippen LogP contribution is 2.33. The molecule has 2 rings (SSSR count). The van der Waals surface area contributed by atoms with Gasteiger partial charge in [-0.2, -0.15) is 0 Å². The maximum atomic E-state index is 12.2. The van der Waals surface area contributed by atoms with Crippen LogP contribution in [-0.4, -0.2) is 46.1 Å². The molecular formula is C13H17Cl3N2O2S. The van der Waals surface area contributed by atoms with Crippen molar-refractivity contribution < 1.29 is 9.53 Å². The van der Waals surface area contributed by atoms with Crippen molar-refractivity contribution >= 4 is 52.0 Å². The van der Waals surface area contributed by atoms with E-state index in [0.29, 0.717) is 18.0 Å². The van der Waals surface area contributed by atoms with Gasteiger partial charge in [-0.05, 0) is 25.3 Å². The van der Waals surface area contributed by atoms with Crippen LogP contribution in [0.25, 0.3) is 0 Å².